The van der Waals surface area contributed by atoms with E-state index in [1.807, 2.05) is 12.1 Å². The fourth-order valence-electron chi connectivity index (χ4n) is 2.88. The average Bonchev–Trinajstić information content (AvgIpc) is 2.74. The minimum Gasteiger partial charge on any atom is -0.434 e. The van der Waals surface area contributed by atoms with Crippen LogP contribution in [-0.2, 0) is 9.53 Å². The topological polar surface area (TPSA) is 74.6 Å². The minimum absolute atomic E-state index is 0.113. The Kier molecular flexibility index (Phi) is 6.76. The molecule has 1 heterocycles. The molecule has 0 bridgehead atoms. The van der Waals surface area contributed by atoms with Crippen LogP contribution in [0.1, 0.15) is 5.56 Å². The number of hydrogen-bond donors (Lipinski definition) is 1. The lowest BCUT2D eigenvalue weighted by Gasteiger charge is -2.28. The molecule has 0 spiro atoms. The van der Waals surface area contributed by atoms with Gasteiger partial charge in [-0.25, -0.2) is 0 Å². The Morgan fingerprint density at radius 1 is 1.17 bits per heavy atom. The summed E-state index contributed by atoms with van der Waals surface area (Å²) in [6, 6.07) is 15.0. The number of carbonyl (C=O) groups excluding carboxylic acids is 1. The van der Waals surface area contributed by atoms with Crippen molar-refractivity contribution in [2.45, 2.75) is 6.61 Å². The van der Waals surface area contributed by atoms with Gasteiger partial charge in [0.05, 0.1) is 13.2 Å². The number of rotatable bonds is 6. The lowest BCUT2D eigenvalue weighted by atomic mass is 10.1. The van der Waals surface area contributed by atoms with Crippen molar-refractivity contribution in [3.63, 3.8) is 0 Å². The van der Waals surface area contributed by atoms with Crippen LogP contribution in [0.5, 0.6) is 5.75 Å². The maximum atomic E-state index is 12.5. The van der Waals surface area contributed by atoms with Crippen molar-refractivity contribution in [3.8, 4) is 11.8 Å². The highest BCUT2D eigenvalue weighted by Crippen LogP contribution is 2.24. The van der Waals surface area contributed by atoms with Gasteiger partial charge in [-0.1, -0.05) is 18.2 Å². The summed E-state index contributed by atoms with van der Waals surface area (Å²) in [5.74, 6) is -0.753. The number of nitrogens with zero attached hydrogens (tertiary/aromatic N) is 2. The quantitative estimate of drug-likeness (QED) is 0.593. The molecule has 0 unspecified atom stereocenters. The molecule has 0 atom stereocenters. The van der Waals surface area contributed by atoms with E-state index in [9.17, 15) is 18.8 Å². The van der Waals surface area contributed by atoms with Crippen molar-refractivity contribution in [1.82, 2.24) is 0 Å². The molecular weight excluding hydrogens is 380 g/mol. The number of ether oxygens (including phenoxy) is 2. The van der Waals surface area contributed by atoms with Gasteiger partial charge in [0.15, 0.2) is 0 Å². The third-order valence-electron chi connectivity index (χ3n) is 4.30. The summed E-state index contributed by atoms with van der Waals surface area (Å²) in [4.78, 5) is 14.6. The van der Waals surface area contributed by atoms with E-state index in [2.05, 4.69) is 15.0 Å². The van der Waals surface area contributed by atoms with Crippen molar-refractivity contribution < 1.29 is 23.0 Å². The van der Waals surface area contributed by atoms with Gasteiger partial charge >= 0.3 is 6.61 Å². The average molecular weight is 399 g/mol. The van der Waals surface area contributed by atoms with E-state index in [0.29, 0.717) is 18.9 Å². The van der Waals surface area contributed by atoms with E-state index in [1.54, 1.807) is 24.3 Å². The Hall–Kier alpha value is -3.44. The highest BCUT2D eigenvalue weighted by atomic mass is 19.3. The molecule has 0 radical (unpaired) electrons. The first-order valence-electron chi connectivity index (χ1n) is 8.96. The molecule has 0 aromatic heterocycles. The summed E-state index contributed by atoms with van der Waals surface area (Å²) in [6.07, 6.45) is 1.22. The van der Waals surface area contributed by atoms with Crippen LogP contribution in [-0.4, -0.2) is 38.8 Å². The Morgan fingerprint density at radius 3 is 2.52 bits per heavy atom. The largest absolute Gasteiger partial charge is 0.434 e. The van der Waals surface area contributed by atoms with E-state index < -0.39 is 12.5 Å². The SMILES string of the molecule is N#C/C(=C\c1ccccc1OC(F)F)C(=O)Nc1ccc(N2CCOCC2)cc1. The van der Waals surface area contributed by atoms with Gasteiger partial charge in [-0.15, -0.1) is 0 Å². The molecule has 0 saturated carbocycles. The zero-order chi connectivity index (χ0) is 20.6. The standard InChI is InChI=1S/C21H19F2N3O3/c22-21(23)29-19-4-2-1-3-15(19)13-16(14-24)20(27)25-17-5-7-18(8-6-17)26-9-11-28-12-10-26/h1-8,13,21H,9-12H2,(H,25,27)/b16-13+. The van der Waals surface area contributed by atoms with Crippen LogP contribution in [0.2, 0.25) is 0 Å². The van der Waals surface area contributed by atoms with Crippen molar-refractivity contribution in [3.05, 3.63) is 59.7 Å². The zero-order valence-corrected chi connectivity index (χ0v) is 15.5. The molecule has 1 aliphatic rings. The van der Waals surface area contributed by atoms with Crippen molar-refractivity contribution in [2.75, 3.05) is 36.5 Å². The van der Waals surface area contributed by atoms with Crippen LogP contribution in [0.25, 0.3) is 6.08 Å². The van der Waals surface area contributed by atoms with Crippen LogP contribution >= 0.6 is 0 Å². The maximum absolute atomic E-state index is 12.5. The zero-order valence-electron chi connectivity index (χ0n) is 15.5. The van der Waals surface area contributed by atoms with Crippen molar-refractivity contribution in [1.29, 1.82) is 5.26 Å². The third-order valence-corrected chi connectivity index (χ3v) is 4.30. The van der Waals surface area contributed by atoms with Crippen LogP contribution in [0.4, 0.5) is 20.2 Å². The monoisotopic (exact) mass is 399 g/mol. The molecule has 1 aliphatic heterocycles. The molecule has 1 saturated heterocycles. The van der Waals surface area contributed by atoms with Gasteiger partial charge in [-0.3, -0.25) is 4.79 Å². The molecule has 150 valence electrons. The summed E-state index contributed by atoms with van der Waals surface area (Å²) < 4.78 is 34.8. The fraction of sp³-hybridized carbons (Fsp3) is 0.238. The second-order valence-corrected chi connectivity index (χ2v) is 6.19. The number of nitriles is 1. The summed E-state index contributed by atoms with van der Waals surface area (Å²) in [6.45, 7) is -0.0638. The summed E-state index contributed by atoms with van der Waals surface area (Å²) in [5, 5.41) is 12.0. The molecule has 6 nitrogen and oxygen atoms in total. The minimum atomic E-state index is -3.01. The normalized spacial score (nSPS) is 14.4. The van der Waals surface area contributed by atoms with Gasteiger partial charge < -0.3 is 19.7 Å². The molecule has 2 aromatic carbocycles. The van der Waals surface area contributed by atoms with E-state index in [1.165, 1.54) is 24.3 Å². The molecular formula is C21H19F2N3O3. The number of para-hydroxylation sites is 1. The number of benzene rings is 2. The van der Waals surface area contributed by atoms with Crippen LogP contribution < -0.4 is 15.0 Å². The molecule has 2 aromatic rings. The highest BCUT2D eigenvalue weighted by Gasteiger charge is 2.14. The Morgan fingerprint density at radius 2 is 1.86 bits per heavy atom. The molecule has 1 fully saturated rings. The third kappa shape index (κ3) is 5.53. The van der Waals surface area contributed by atoms with E-state index in [0.717, 1.165) is 18.8 Å². The first-order valence-corrected chi connectivity index (χ1v) is 8.96. The molecule has 3 rings (SSSR count). The van der Waals surface area contributed by atoms with Gasteiger partial charge in [0.1, 0.15) is 17.4 Å². The molecule has 1 amide bonds. The van der Waals surface area contributed by atoms with Gasteiger partial charge in [-0.2, -0.15) is 14.0 Å². The first kappa shape index (κ1) is 20.3. The molecule has 29 heavy (non-hydrogen) atoms. The second-order valence-electron chi connectivity index (χ2n) is 6.19. The summed E-state index contributed by atoms with van der Waals surface area (Å²) in [7, 11) is 0. The van der Waals surface area contributed by atoms with Crippen molar-refractivity contribution >= 4 is 23.4 Å². The summed E-state index contributed by atoms with van der Waals surface area (Å²) >= 11 is 0. The number of nitrogens with one attached hydrogen (secondary N) is 1. The van der Waals surface area contributed by atoms with Crippen LogP contribution in [0.3, 0.4) is 0 Å². The van der Waals surface area contributed by atoms with Gasteiger partial charge in [-0.05, 0) is 36.4 Å². The van der Waals surface area contributed by atoms with Gasteiger partial charge in [0, 0.05) is 30.0 Å². The number of morpholine rings is 1. The predicted molar refractivity (Wildman–Crippen MR) is 105 cm³/mol. The first-order chi connectivity index (χ1) is 14.1. The number of anilines is 2. The molecule has 1 N–H and O–H groups in total. The number of hydrogen-bond acceptors (Lipinski definition) is 5. The lowest BCUT2D eigenvalue weighted by Crippen LogP contribution is -2.36. The maximum Gasteiger partial charge on any atom is 0.387 e. The van der Waals surface area contributed by atoms with Crippen LogP contribution in [0, 0.1) is 11.3 Å². The smallest absolute Gasteiger partial charge is 0.387 e. The van der Waals surface area contributed by atoms with E-state index in [4.69, 9.17) is 4.74 Å². The molecule has 8 heteroatoms. The van der Waals surface area contributed by atoms with Gasteiger partial charge in [0.25, 0.3) is 5.91 Å². The second kappa shape index (κ2) is 9.66. The Balaban J connectivity index is 1.72. The van der Waals surface area contributed by atoms with E-state index in [-0.39, 0.29) is 16.9 Å². The Labute approximate surface area is 166 Å². The number of carbonyl (C=O) groups is 1. The van der Waals surface area contributed by atoms with Gasteiger partial charge in [0.2, 0.25) is 0 Å². The highest BCUT2D eigenvalue weighted by molar-refractivity contribution is 6.09. The number of halogens is 2. The predicted octanol–water partition coefficient (Wildman–Crippen LogP) is 3.67. The fourth-order valence-corrected chi connectivity index (χ4v) is 2.88. The number of alkyl halides is 2. The van der Waals surface area contributed by atoms with E-state index >= 15 is 0 Å². The Bertz CT molecular complexity index is 918. The van der Waals surface area contributed by atoms with Crippen LogP contribution in [0.15, 0.2) is 54.1 Å². The number of amides is 1. The molecule has 0 aliphatic carbocycles. The lowest BCUT2D eigenvalue weighted by molar-refractivity contribution is -0.112. The van der Waals surface area contributed by atoms with Crippen molar-refractivity contribution in [2.24, 2.45) is 0 Å². The summed E-state index contributed by atoms with van der Waals surface area (Å²) in [5.41, 5.74) is 1.51.